The summed E-state index contributed by atoms with van der Waals surface area (Å²) in [4.78, 5) is 26.1. The van der Waals surface area contributed by atoms with Crippen LogP contribution in [0.5, 0.6) is 11.5 Å². The highest BCUT2D eigenvalue weighted by molar-refractivity contribution is 6.00. The van der Waals surface area contributed by atoms with Gasteiger partial charge in [-0.2, -0.15) is 5.26 Å². The monoisotopic (exact) mass is 393 g/mol. The van der Waals surface area contributed by atoms with Gasteiger partial charge < -0.3 is 24.4 Å². The molecule has 2 aromatic rings. The molecule has 0 saturated carbocycles. The van der Waals surface area contributed by atoms with Crippen LogP contribution in [0.15, 0.2) is 48.0 Å². The average Bonchev–Trinajstić information content (AvgIpc) is 3.18. The minimum atomic E-state index is -0.870. The summed E-state index contributed by atoms with van der Waals surface area (Å²) < 4.78 is 15.4. The van der Waals surface area contributed by atoms with E-state index in [-0.39, 0.29) is 12.4 Å². The lowest BCUT2D eigenvalue weighted by Crippen LogP contribution is -2.21. The van der Waals surface area contributed by atoms with Gasteiger partial charge in [0.1, 0.15) is 11.6 Å². The van der Waals surface area contributed by atoms with Crippen LogP contribution in [0.25, 0.3) is 6.08 Å². The van der Waals surface area contributed by atoms with Gasteiger partial charge in [-0.15, -0.1) is 0 Å². The van der Waals surface area contributed by atoms with Crippen molar-refractivity contribution >= 4 is 29.3 Å². The Morgan fingerprint density at radius 2 is 1.90 bits per heavy atom. The van der Waals surface area contributed by atoms with Gasteiger partial charge in [0.25, 0.3) is 5.91 Å². The zero-order chi connectivity index (χ0) is 20.8. The number of fused-ring (bicyclic) bond motifs is 1. The zero-order valence-corrected chi connectivity index (χ0v) is 16.0. The standard InChI is InChI=1S/C21H19N3O5/c1-24(2)17-6-3-14(4-7-17)9-15(11-22)21(26)27-12-20(25)23-16-5-8-18-19(10-16)29-13-28-18/h3-10H,12-13H2,1-2H3,(H,23,25)/b15-9+. The molecule has 0 bridgehead atoms. The zero-order valence-electron chi connectivity index (χ0n) is 16.0. The molecule has 0 spiro atoms. The molecular weight excluding hydrogens is 374 g/mol. The van der Waals surface area contributed by atoms with Crippen molar-refractivity contribution < 1.29 is 23.8 Å². The third kappa shape index (κ3) is 5.05. The number of nitriles is 1. The Morgan fingerprint density at radius 3 is 2.59 bits per heavy atom. The topological polar surface area (TPSA) is 101 Å². The average molecular weight is 393 g/mol. The third-order valence-electron chi connectivity index (χ3n) is 4.05. The molecule has 0 unspecified atom stereocenters. The normalized spacial score (nSPS) is 12.1. The Labute approximate surface area is 167 Å². The van der Waals surface area contributed by atoms with Crippen molar-refractivity contribution in [3.05, 3.63) is 53.6 Å². The predicted molar refractivity (Wildman–Crippen MR) is 107 cm³/mol. The number of amides is 1. The fourth-order valence-electron chi connectivity index (χ4n) is 2.55. The number of nitrogens with zero attached hydrogens (tertiary/aromatic N) is 2. The van der Waals surface area contributed by atoms with Crippen LogP contribution in [-0.4, -0.2) is 39.4 Å². The van der Waals surface area contributed by atoms with Crippen LogP contribution in [-0.2, 0) is 14.3 Å². The fourth-order valence-corrected chi connectivity index (χ4v) is 2.55. The van der Waals surface area contributed by atoms with Gasteiger partial charge in [0.2, 0.25) is 6.79 Å². The molecule has 1 amide bonds. The van der Waals surface area contributed by atoms with Crippen molar-refractivity contribution in [1.82, 2.24) is 0 Å². The maximum absolute atomic E-state index is 12.1. The number of carbonyl (C=O) groups is 2. The minimum Gasteiger partial charge on any atom is -0.454 e. The van der Waals surface area contributed by atoms with Crippen molar-refractivity contribution in [3.63, 3.8) is 0 Å². The first-order chi connectivity index (χ1) is 14.0. The van der Waals surface area contributed by atoms with E-state index in [0.717, 1.165) is 5.69 Å². The summed E-state index contributed by atoms with van der Waals surface area (Å²) in [5.74, 6) is -0.290. The quantitative estimate of drug-likeness (QED) is 0.457. The number of carbonyl (C=O) groups excluding carboxylic acids is 2. The van der Waals surface area contributed by atoms with E-state index in [9.17, 15) is 14.9 Å². The molecule has 3 rings (SSSR count). The predicted octanol–water partition coefficient (Wildman–Crippen LogP) is 2.57. The number of rotatable bonds is 6. The highest BCUT2D eigenvalue weighted by Crippen LogP contribution is 2.34. The number of hydrogen-bond acceptors (Lipinski definition) is 7. The van der Waals surface area contributed by atoms with E-state index in [1.54, 1.807) is 36.4 Å². The minimum absolute atomic E-state index is 0.130. The Kier molecular flexibility index (Phi) is 6.00. The molecule has 0 radical (unpaired) electrons. The molecule has 0 aliphatic carbocycles. The molecule has 1 aliphatic heterocycles. The molecule has 29 heavy (non-hydrogen) atoms. The van der Waals surface area contributed by atoms with Crippen LogP contribution < -0.4 is 19.7 Å². The summed E-state index contributed by atoms with van der Waals surface area (Å²) in [6.07, 6.45) is 1.41. The molecule has 0 saturated heterocycles. The van der Waals surface area contributed by atoms with E-state index >= 15 is 0 Å². The number of esters is 1. The summed E-state index contributed by atoms with van der Waals surface area (Å²) >= 11 is 0. The first-order valence-corrected chi connectivity index (χ1v) is 8.72. The molecule has 0 fully saturated rings. The largest absolute Gasteiger partial charge is 0.454 e. The van der Waals surface area contributed by atoms with Crippen molar-refractivity contribution in [2.24, 2.45) is 0 Å². The Balaban J connectivity index is 1.56. The van der Waals surface area contributed by atoms with Gasteiger partial charge >= 0.3 is 5.97 Å². The molecule has 0 atom stereocenters. The van der Waals surface area contributed by atoms with Gasteiger partial charge in [-0.1, -0.05) is 12.1 Å². The molecule has 0 aromatic heterocycles. The highest BCUT2D eigenvalue weighted by atomic mass is 16.7. The Bertz CT molecular complexity index is 990. The van der Waals surface area contributed by atoms with E-state index in [0.29, 0.717) is 22.7 Å². The number of hydrogen-bond donors (Lipinski definition) is 1. The summed E-state index contributed by atoms with van der Waals surface area (Å²) in [6, 6.07) is 14.0. The van der Waals surface area contributed by atoms with Crippen molar-refractivity contribution in [2.75, 3.05) is 37.7 Å². The van der Waals surface area contributed by atoms with E-state index in [2.05, 4.69) is 5.32 Å². The number of benzene rings is 2. The number of anilines is 2. The van der Waals surface area contributed by atoms with Crippen molar-refractivity contribution in [3.8, 4) is 17.6 Å². The Morgan fingerprint density at radius 1 is 1.17 bits per heavy atom. The van der Waals surface area contributed by atoms with Crippen molar-refractivity contribution in [2.45, 2.75) is 0 Å². The van der Waals surface area contributed by atoms with E-state index < -0.39 is 18.5 Å². The smallest absolute Gasteiger partial charge is 0.349 e. The second-order valence-corrected chi connectivity index (χ2v) is 6.35. The second-order valence-electron chi connectivity index (χ2n) is 6.35. The van der Waals surface area contributed by atoms with Crippen molar-refractivity contribution in [1.29, 1.82) is 5.26 Å². The summed E-state index contributed by atoms with van der Waals surface area (Å²) in [6.45, 7) is -0.392. The van der Waals surface area contributed by atoms with Gasteiger partial charge in [0.05, 0.1) is 0 Å². The lowest BCUT2D eigenvalue weighted by molar-refractivity contribution is -0.142. The van der Waals surface area contributed by atoms with E-state index in [1.807, 2.05) is 31.1 Å². The summed E-state index contributed by atoms with van der Waals surface area (Å²) in [5.41, 5.74) is 1.95. The molecule has 8 nitrogen and oxygen atoms in total. The van der Waals surface area contributed by atoms with Gasteiger partial charge in [0, 0.05) is 31.5 Å². The van der Waals surface area contributed by atoms with E-state index in [4.69, 9.17) is 14.2 Å². The first kappa shape index (κ1) is 19.8. The maximum atomic E-state index is 12.1. The summed E-state index contributed by atoms with van der Waals surface area (Å²) in [7, 11) is 3.83. The summed E-state index contributed by atoms with van der Waals surface area (Å²) in [5, 5.41) is 11.8. The molecule has 8 heteroatoms. The molecule has 1 N–H and O–H groups in total. The molecular formula is C21H19N3O5. The maximum Gasteiger partial charge on any atom is 0.349 e. The lowest BCUT2D eigenvalue weighted by atomic mass is 10.1. The third-order valence-corrected chi connectivity index (χ3v) is 4.05. The second kappa shape index (κ2) is 8.80. The van der Waals surface area contributed by atoms with Gasteiger partial charge in [0.15, 0.2) is 18.1 Å². The molecule has 148 valence electrons. The van der Waals surface area contributed by atoms with Gasteiger partial charge in [-0.25, -0.2) is 4.79 Å². The van der Waals surface area contributed by atoms with Crippen LogP contribution in [0, 0.1) is 11.3 Å². The molecule has 2 aromatic carbocycles. The van der Waals surface area contributed by atoms with Gasteiger partial charge in [-0.05, 0) is 35.9 Å². The van der Waals surface area contributed by atoms with Crippen LogP contribution in [0.1, 0.15) is 5.56 Å². The van der Waals surface area contributed by atoms with Crippen LogP contribution in [0.3, 0.4) is 0 Å². The lowest BCUT2D eigenvalue weighted by Gasteiger charge is -2.11. The fraction of sp³-hybridized carbons (Fsp3) is 0.190. The number of ether oxygens (including phenoxy) is 3. The molecule has 1 heterocycles. The molecule has 1 aliphatic rings. The van der Waals surface area contributed by atoms with Crippen LogP contribution in [0.2, 0.25) is 0 Å². The van der Waals surface area contributed by atoms with E-state index in [1.165, 1.54) is 6.08 Å². The SMILES string of the molecule is CN(C)c1ccc(/C=C(\C#N)C(=O)OCC(=O)Nc2ccc3c(c2)OCO3)cc1. The van der Waals surface area contributed by atoms with Crippen LogP contribution in [0.4, 0.5) is 11.4 Å². The number of nitrogens with one attached hydrogen (secondary N) is 1. The van der Waals surface area contributed by atoms with Crippen LogP contribution >= 0.6 is 0 Å². The highest BCUT2D eigenvalue weighted by Gasteiger charge is 2.16. The first-order valence-electron chi connectivity index (χ1n) is 8.72. The van der Waals surface area contributed by atoms with Gasteiger partial charge in [-0.3, -0.25) is 4.79 Å². The Hall–Kier alpha value is -3.99.